The summed E-state index contributed by atoms with van der Waals surface area (Å²) in [5.41, 5.74) is -4.07. The van der Waals surface area contributed by atoms with Gasteiger partial charge < -0.3 is 64.0 Å². The molecule has 5 aliphatic heterocycles. The number of aliphatic hydroxyl groups is 6. The molecule has 364 valence electrons. The number of ether oxygens (including phenoxy) is 6. The minimum Gasteiger partial charge on any atom is -0.459 e. The molecule has 1 spiro atoms. The molecule has 5 heterocycles. The van der Waals surface area contributed by atoms with Crippen molar-refractivity contribution in [1.82, 2.24) is 4.90 Å². The minimum absolute atomic E-state index is 0.128. The number of aliphatic hydroxyl groups excluding tert-OH is 4. The molecule has 0 aromatic carbocycles. The van der Waals surface area contributed by atoms with Crippen molar-refractivity contribution in [2.75, 3.05) is 14.1 Å². The van der Waals surface area contributed by atoms with Gasteiger partial charge in [-0.15, -0.1) is 0 Å². The Labute approximate surface area is 377 Å². The number of hydrogen-bond donors (Lipinski definition) is 6. The van der Waals surface area contributed by atoms with Crippen molar-refractivity contribution in [3.05, 3.63) is 24.3 Å². The highest BCUT2D eigenvalue weighted by Crippen LogP contribution is 2.47. The lowest BCUT2D eigenvalue weighted by Crippen LogP contribution is -2.58. The van der Waals surface area contributed by atoms with Crippen LogP contribution in [0, 0.1) is 17.8 Å². The highest BCUT2D eigenvalue weighted by molar-refractivity contribution is 5.82. The first-order chi connectivity index (χ1) is 29.5. The quantitative estimate of drug-likeness (QED) is 0.145. The number of carbonyl (C=O) groups excluding carboxylic acids is 1. The molecule has 1 unspecified atom stereocenters. The van der Waals surface area contributed by atoms with Crippen LogP contribution in [0.15, 0.2) is 24.3 Å². The van der Waals surface area contributed by atoms with E-state index < -0.39 is 71.8 Å². The van der Waals surface area contributed by atoms with E-state index >= 15 is 0 Å². The van der Waals surface area contributed by atoms with E-state index in [2.05, 4.69) is 30.9 Å². The molecule has 0 amide bonds. The number of nitrogens with zero attached hydrogens (tertiary/aromatic N) is 1. The summed E-state index contributed by atoms with van der Waals surface area (Å²) in [5, 5.41) is 69.4. The van der Waals surface area contributed by atoms with Crippen LogP contribution in [-0.2, 0) is 33.2 Å². The molecular weight excluding hydrogens is 811 g/mol. The number of carbonyl (C=O) groups is 1. The van der Waals surface area contributed by atoms with Gasteiger partial charge in [-0.2, -0.15) is 0 Å². The van der Waals surface area contributed by atoms with Crippen LogP contribution in [0.2, 0.25) is 0 Å². The smallest absolute Gasteiger partial charge is 0.330 e. The van der Waals surface area contributed by atoms with Crippen molar-refractivity contribution in [2.24, 2.45) is 17.8 Å². The molecule has 2 bridgehead atoms. The Bertz CT molecular complexity index is 1500. The van der Waals surface area contributed by atoms with Crippen molar-refractivity contribution in [3.63, 3.8) is 0 Å². The molecule has 63 heavy (non-hydrogen) atoms. The predicted molar refractivity (Wildman–Crippen MR) is 238 cm³/mol. The fourth-order valence-corrected chi connectivity index (χ4v) is 10.8. The largest absolute Gasteiger partial charge is 0.459 e. The van der Waals surface area contributed by atoms with E-state index in [1.807, 2.05) is 34.9 Å². The Hall–Kier alpha value is -1.53. The summed E-state index contributed by atoms with van der Waals surface area (Å²) in [6.45, 7) is 14.5. The minimum atomic E-state index is -2.04. The molecular formula is C49H85NO13. The monoisotopic (exact) mass is 896 g/mol. The normalized spacial score (nSPS) is 46.7. The van der Waals surface area contributed by atoms with Crippen LogP contribution in [0.5, 0.6) is 0 Å². The van der Waals surface area contributed by atoms with E-state index in [1.54, 1.807) is 0 Å². The summed E-state index contributed by atoms with van der Waals surface area (Å²) in [7, 11) is 3.96. The molecule has 0 aliphatic carbocycles. The van der Waals surface area contributed by atoms with Crippen LogP contribution in [0.1, 0.15) is 152 Å². The molecule has 4 fully saturated rings. The Balaban J connectivity index is 1.43. The van der Waals surface area contributed by atoms with Crippen LogP contribution in [0.3, 0.4) is 0 Å². The van der Waals surface area contributed by atoms with Gasteiger partial charge in [-0.3, -0.25) is 0 Å². The molecule has 5 aliphatic rings. The van der Waals surface area contributed by atoms with Gasteiger partial charge in [0, 0.05) is 49.1 Å². The summed E-state index contributed by atoms with van der Waals surface area (Å²) in [4.78, 5) is 15.8. The zero-order chi connectivity index (χ0) is 46.5. The Kier molecular flexibility index (Phi) is 18.4. The molecule has 0 aromatic heterocycles. The van der Waals surface area contributed by atoms with Gasteiger partial charge in [-0.25, -0.2) is 4.79 Å². The average Bonchev–Trinajstić information content (AvgIpc) is 3.50. The molecule has 0 saturated carbocycles. The maximum atomic E-state index is 13.7. The maximum absolute atomic E-state index is 13.7. The van der Waals surface area contributed by atoms with Crippen LogP contribution >= 0.6 is 0 Å². The van der Waals surface area contributed by atoms with E-state index in [4.69, 9.17) is 28.4 Å². The zero-order valence-electron chi connectivity index (χ0n) is 40.1. The van der Waals surface area contributed by atoms with Crippen molar-refractivity contribution in [1.29, 1.82) is 0 Å². The summed E-state index contributed by atoms with van der Waals surface area (Å²) in [5.74, 6) is -2.98. The molecule has 4 saturated heterocycles. The van der Waals surface area contributed by atoms with E-state index in [1.165, 1.54) is 26.8 Å². The number of likely N-dealkylation sites (N-methyl/N-ethyl adjacent to an activating group) is 1. The topological polar surface area (TPSA) is 197 Å². The van der Waals surface area contributed by atoms with Crippen LogP contribution < -0.4 is 0 Å². The molecule has 18 atom stereocenters. The van der Waals surface area contributed by atoms with Gasteiger partial charge in [-0.05, 0) is 119 Å². The zero-order valence-corrected chi connectivity index (χ0v) is 40.1. The third-order valence-electron chi connectivity index (χ3n) is 14.9. The van der Waals surface area contributed by atoms with Crippen molar-refractivity contribution in [3.8, 4) is 0 Å². The lowest BCUT2D eigenvalue weighted by atomic mass is 9.79. The summed E-state index contributed by atoms with van der Waals surface area (Å²) in [6, 6.07) is 0.142. The molecule has 14 nitrogen and oxygen atoms in total. The lowest BCUT2D eigenvalue weighted by molar-refractivity contribution is -0.342. The molecule has 5 rings (SSSR count). The lowest BCUT2D eigenvalue weighted by Gasteiger charge is -2.51. The predicted octanol–water partition coefficient (Wildman–Crippen LogP) is 5.46. The van der Waals surface area contributed by atoms with Crippen LogP contribution in [0.4, 0.5) is 0 Å². The third kappa shape index (κ3) is 13.8. The van der Waals surface area contributed by atoms with Gasteiger partial charge in [0.05, 0.1) is 53.9 Å². The van der Waals surface area contributed by atoms with Crippen molar-refractivity contribution in [2.45, 2.75) is 248 Å². The van der Waals surface area contributed by atoms with Gasteiger partial charge in [0.15, 0.2) is 12.1 Å². The summed E-state index contributed by atoms with van der Waals surface area (Å²) < 4.78 is 39.2. The SMILES string of the molecule is CC[C@@H](O)C[C@H]1CCC[C@@]2(C[C@@H]3OC(=O)/C=C\[C@@](C)(O)[C@@H](O)[C@H](C)[C@@H](O)[C@H](O[C@H]4CC[C@H](N(C)C)[C@H](C)O4)[C@@H](O)[C@](C)(O)CCCCC/C=C\[C@@H]4CC(C)(C)OC4C[C@H](O2)[C@H]3C)O1. The fraction of sp³-hybridized carbons (Fsp3) is 0.898. The second-order valence-corrected chi connectivity index (χ2v) is 21.2. The summed E-state index contributed by atoms with van der Waals surface area (Å²) in [6.07, 6.45) is 7.22. The van der Waals surface area contributed by atoms with Crippen LogP contribution in [-0.4, -0.2) is 152 Å². The molecule has 0 aromatic rings. The van der Waals surface area contributed by atoms with Gasteiger partial charge in [0.1, 0.15) is 23.9 Å². The van der Waals surface area contributed by atoms with Gasteiger partial charge >= 0.3 is 5.97 Å². The number of esters is 1. The highest BCUT2D eigenvalue weighted by Gasteiger charge is 2.53. The van der Waals surface area contributed by atoms with Crippen LogP contribution in [0.25, 0.3) is 0 Å². The summed E-state index contributed by atoms with van der Waals surface area (Å²) >= 11 is 0. The van der Waals surface area contributed by atoms with E-state index in [0.717, 1.165) is 51.0 Å². The maximum Gasteiger partial charge on any atom is 0.330 e. The number of hydrogen-bond acceptors (Lipinski definition) is 14. The highest BCUT2D eigenvalue weighted by atomic mass is 16.7. The van der Waals surface area contributed by atoms with Crippen molar-refractivity contribution >= 4 is 5.97 Å². The number of allylic oxidation sites excluding steroid dienone is 1. The third-order valence-corrected chi connectivity index (χ3v) is 14.9. The van der Waals surface area contributed by atoms with Gasteiger partial charge in [-0.1, -0.05) is 45.8 Å². The average molecular weight is 896 g/mol. The van der Waals surface area contributed by atoms with Gasteiger partial charge in [0.25, 0.3) is 0 Å². The number of fused-ring (bicyclic) bond motifs is 3. The first kappa shape index (κ1) is 52.4. The fourth-order valence-electron chi connectivity index (χ4n) is 10.8. The first-order valence-corrected chi connectivity index (χ1v) is 24.2. The molecule has 14 heteroatoms. The van der Waals surface area contributed by atoms with E-state index in [-0.39, 0.29) is 54.3 Å². The first-order valence-electron chi connectivity index (χ1n) is 24.2. The molecule has 6 N–H and O–H groups in total. The van der Waals surface area contributed by atoms with E-state index in [9.17, 15) is 35.4 Å². The second-order valence-electron chi connectivity index (χ2n) is 21.2. The Morgan fingerprint density at radius 3 is 2.27 bits per heavy atom. The number of rotatable bonds is 6. The second kappa shape index (κ2) is 22.1. The Morgan fingerprint density at radius 2 is 1.59 bits per heavy atom. The van der Waals surface area contributed by atoms with Crippen molar-refractivity contribution < 1.29 is 63.9 Å². The van der Waals surface area contributed by atoms with Gasteiger partial charge in [0.2, 0.25) is 0 Å². The Morgan fingerprint density at radius 1 is 0.857 bits per heavy atom. The standard InChI is InChI=1S/C49H85NO13/c1-11-34(51)26-35-19-17-24-49(61-35)29-39-30(2)37(63-49)27-38-33(28-46(5,6)62-38)18-15-13-12-14-16-23-47(7,56)45(55)43(60-41-21-20-36(50(9)10)32(4)58-41)42(53)31(3)44(54)48(8,57)25-22-40(52)59-39/h15,18,22,25,30-39,41-45,51,53-57H,11-14,16-17,19-21,23-24,26-29H2,1-10H3/b18-15-,25-22-/t30-,31-,32+,33-,34-,35-,36+,37+,38?,39+,41+,42-,43+,44+,45-,47-,48-,49-/m1/s1. The van der Waals surface area contributed by atoms with E-state index in [0.29, 0.717) is 44.9 Å². The molecule has 0 radical (unpaired) electrons.